The summed E-state index contributed by atoms with van der Waals surface area (Å²) in [7, 11) is 0. The fourth-order valence-corrected chi connectivity index (χ4v) is 3.22. The standard InChI is InChI=1S/C25H23N3O4/c1-17-6-5-7-20(12-17)31-16-24(29)27-21-8-3-4-9-22(21)32-15-19-14-25(30)28-11-10-18(2)13-23(28)26-19/h3-14H,15-16H2,1-2H3,(H,27,29). The molecule has 0 fully saturated rings. The van der Waals surface area contributed by atoms with Gasteiger partial charge in [0.2, 0.25) is 0 Å². The Kier molecular flexibility index (Phi) is 6.17. The summed E-state index contributed by atoms with van der Waals surface area (Å²) in [6, 6.07) is 19.7. The molecule has 0 atom stereocenters. The van der Waals surface area contributed by atoms with Crippen molar-refractivity contribution >= 4 is 17.2 Å². The number of ether oxygens (including phenoxy) is 2. The number of benzene rings is 2. The Labute approximate surface area is 185 Å². The first-order chi connectivity index (χ1) is 15.5. The van der Waals surface area contributed by atoms with E-state index in [2.05, 4.69) is 10.3 Å². The lowest BCUT2D eigenvalue weighted by Crippen LogP contribution is -2.20. The maximum absolute atomic E-state index is 12.4. The molecule has 0 unspecified atom stereocenters. The van der Waals surface area contributed by atoms with E-state index in [1.54, 1.807) is 36.5 Å². The summed E-state index contributed by atoms with van der Waals surface area (Å²) in [5, 5.41) is 2.80. The number of carbonyl (C=O) groups is 1. The third-order valence-electron chi connectivity index (χ3n) is 4.77. The normalized spacial score (nSPS) is 10.7. The maximum Gasteiger partial charge on any atom is 0.262 e. The molecule has 2 aromatic heterocycles. The zero-order chi connectivity index (χ0) is 22.5. The maximum atomic E-state index is 12.4. The molecule has 0 aliphatic carbocycles. The lowest BCUT2D eigenvalue weighted by atomic mass is 10.2. The summed E-state index contributed by atoms with van der Waals surface area (Å²) in [5.41, 5.74) is 3.47. The first kappa shape index (κ1) is 21.1. The molecule has 7 nitrogen and oxygen atoms in total. The van der Waals surface area contributed by atoms with Gasteiger partial charge in [-0.3, -0.25) is 14.0 Å². The summed E-state index contributed by atoms with van der Waals surface area (Å²) < 4.78 is 12.9. The average molecular weight is 429 g/mol. The van der Waals surface area contributed by atoms with Crippen molar-refractivity contribution in [3.05, 3.63) is 100 Å². The van der Waals surface area contributed by atoms with Gasteiger partial charge in [-0.15, -0.1) is 0 Å². The highest BCUT2D eigenvalue weighted by molar-refractivity contribution is 5.93. The zero-order valence-corrected chi connectivity index (χ0v) is 17.9. The number of fused-ring (bicyclic) bond motifs is 1. The van der Waals surface area contributed by atoms with Crippen LogP contribution in [0.25, 0.3) is 5.65 Å². The molecule has 4 aromatic rings. The fraction of sp³-hybridized carbons (Fsp3) is 0.160. The molecule has 7 heteroatoms. The number of amides is 1. The minimum absolute atomic E-state index is 0.0896. The predicted octanol–water partition coefficient (Wildman–Crippen LogP) is 3.91. The van der Waals surface area contributed by atoms with Crippen LogP contribution >= 0.6 is 0 Å². The van der Waals surface area contributed by atoms with Crippen LogP contribution in [0.3, 0.4) is 0 Å². The Balaban J connectivity index is 1.43. The van der Waals surface area contributed by atoms with Gasteiger partial charge >= 0.3 is 0 Å². The first-order valence-corrected chi connectivity index (χ1v) is 10.2. The molecule has 0 saturated carbocycles. The first-order valence-electron chi connectivity index (χ1n) is 10.2. The number of pyridine rings is 1. The average Bonchev–Trinajstić information content (AvgIpc) is 2.77. The number of rotatable bonds is 7. The summed E-state index contributed by atoms with van der Waals surface area (Å²) in [5.74, 6) is 0.802. The van der Waals surface area contributed by atoms with Crippen molar-refractivity contribution < 1.29 is 14.3 Å². The van der Waals surface area contributed by atoms with Crippen LogP contribution < -0.4 is 20.3 Å². The highest BCUT2D eigenvalue weighted by Gasteiger charge is 2.10. The largest absolute Gasteiger partial charge is 0.485 e. The smallest absolute Gasteiger partial charge is 0.262 e. The molecule has 0 aliphatic rings. The highest BCUT2D eigenvalue weighted by atomic mass is 16.5. The molecule has 32 heavy (non-hydrogen) atoms. The van der Waals surface area contributed by atoms with Crippen molar-refractivity contribution in [1.29, 1.82) is 0 Å². The van der Waals surface area contributed by atoms with Crippen LogP contribution in [0.1, 0.15) is 16.8 Å². The SMILES string of the molecule is Cc1cccc(OCC(=O)Nc2ccccc2OCc2cc(=O)n3ccc(C)cc3n2)c1. The van der Waals surface area contributed by atoms with E-state index in [1.165, 1.54) is 10.5 Å². The zero-order valence-electron chi connectivity index (χ0n) is 17.9. The molecule has 0 saturated heterocycles. The number of hydrogen-bond donors (Lipinski definition) is 1. The van der Waals surface area contributed by atoms with Crippen molar-refractivity contribution in [3.8, 4) is 11.5 Å². The topological polar surface area (TPSA) is 81.9 Å². The molecular formula is C25H23N3O4. The van der Waals surface area contributed by atoms with E-state index in [4.69, 9.17) is 9.47 Å². The van der Waals surface area contributed by atoms with E-state index in [-0.39, 0.29) is 24.7 Å². The Bertz CT molecular complexity index is 1330. The minimum Gasteiger partial charge on any atom is -0.485 e. The third-order valence-corrected chi connectivity index (χ3v) is 4.77. The Morgan fingerprint density at radius 1 is 0.969 bits per heavy atom. The highest BCUT2D eigenvalue weighted by Crippen LogP contribution is 2.24. The lowest BCUT2D eigenvalue weighted by molar-refractivity contribution is -0.118. The molecule has 4 rings (SSSR count). The number of aromatic nitrogens is 2. The van der Waals surface area contributed by atoms with Gasteiger partial charge in [0, 0.05) is 12.3 Å². The van der Waals surface area contributed by atoms with Gasteiger partial charge in [0.25, 0.3) is 11.5 Å². The monoisotopic (exact) mass is 429 g/mol. The van der Waals surface area contributed by atoms with E-state index < -0.39 is 0 Å². The van der Waals surface area contributed by atoms with E-state index in [0.29, 0.717) is 28.5 Å². The van der Waals surface area contributed by atoms with Crippen molar-refractivity contribution in [2.75, 3.05) is 11.9 Å². The van der Waals surface area contributed by atoms with Gasteiger partial charge < -0.3 is 14.8 Å². The van der Waals surface area contributed by atoms with Crippen LogP contribution in [0, 0.1) is 13.8 Å². The molecule has 162 valence electrons. The van der Waals surface area contributed by atoms with Crippen molar-refractivity contribution in [2.24, 2.45) is 0 Å². The second kappa shape index (κ2) is 9.34. The van der Waals surface area contributed by atoms with Gasteiger partial charge in [0.1, 0.15) is 23.8 Å². The second-order valence-corrected chi connectivity index (χ2v) is 7.46. The van der Waals surface area contributed by atoms with Crippen LogP contribution in [0.2, 0.25) is 0 Å². The van der Waals surface area contributed by atoms with E-state index in [9.17, 15) is 9.59 Å². The van der Waals surface area contributed by atoms with Crippen LogP contribution in [0.5, 0.6) is 11.5 Å². The molecule has 0 bridgehead atoms. The Hall–Kier alpha value is -4.13. The van der Waals surface area contributed by atoms with Crippen molar-refractivity contribution in [3.63, 3.8) is 0 Å². The van der Waals surface area contributed by atoms with Gasteiger partial charge in [0.15, 0.2) is 6.61 Å². The van der Waals surface area contributed by atoms with Gasteiger partial charge in [-0.25, -0.2) is 4.98 Å². The molecule has 0 radical (unpaired) electrons. The quantitative estimate of drug-likeness (QED) is 0.482. The number of carbonyl (C=O) groups excluding carboxylic acids is 1. The van der Waals surface area contributed by atoms with E-state index >= 15 is 0 Å². The third kappa shape index (κ3) is 5.13. The van der Waals surface area contributed by atoms with E-state index in [1.807, 2.05) is 44.2 Å². The van der Waals surface area contributed by atoms with Crippen LogP contribution in [-0.4, -0.2) is 21.9 Å². The number of aryl methyl sites for hydroxylation is 2. The van der Waals surface area contributed by atoms with Crippen molar-refractivity contribution in [2.45, 2.75) is 20.5 Å². The van der Waals surface area contributed by atoms with Gasteiger partial charge in [-0.05, 0) is 61.4 Å². The predicted molar refractivity (Wildman–Crippen MR) is 122 cm³/mol. The summed E-state index contributed by atoms with van der Waals surface area (Å²) in [4.78, 5) is 29.2. The summed E-state index contributed by atoms with van der Waals surface area (Å²) >= 11 is 0. The van der Waals surface area contributed by atoms with Crippen LogP contribution in [-0.2, 0) is 11.4 Å². The summed E-state index contributed by atoms with van der Waals surface area (Å²) in [6.07, 6.45) is 1.70. The van der Waals surface area contributed by atoms with Gasteiger partial charge in [0.05, 0.1) is 11.4 Å². The van der Waals surface area contributed by atoms with Gasteiger partial charge in [-0.2, -0.15) is 0 Å². The number of para-hydroxylation sites is 2. The van der Waals surface area contributed by atoms with E-state index in [0.717, 1.165) is 11.1 Å². The molecule has 0 spiro atoms. The second-order valence-electron chi connectivity index (χ2n) is 7.46. The number of nitrogens with zero attached hydrogens (tertiary/aromatic N) is 2. The minimum atomic E-state index is -0.305. The molecule has 2 aromatic carbocycles. The Morgan fingerprint density at radius 2 is 1.78 bits per heavy atom. The molecular weight excluding hydrogens is 406 g/mol. The number of anilines is 1. The fourth-order valence-electron chi connectivity index (χ4n) is 3.22. The Morgan fingerprint density at radius 3 is 2.62 bits per heavy atom. The molecule has 1 amide bonds. The number of hydrogen-bond acceptors (Lipinski definition) is 5. The van der Waals surface area contributed by atoms with Gasteiger partial charge in [-0.1, -0.05) is 24.3 Å². The lowest BCUT2D eigenvalue weighted by Gasteiger charge is -2.13. The number of nitrogens with one attached hydrogen (secondary N) is 1. The van der Waals surface area contributed by atoms with Crippen LogP contribution in [0.4, 0.5) is 5.69 Å². The molecule has 2 heterocycles. The molecule has 1 N–H and O–H groups in total. The summed E-state index contributed by atoms with van der Waals surface area (Å²) in [6.45, 7) is 3.87. The van der Waals surface area contributed by atoms with Crippen LogP contribution in [0.15, 0.2) is 77.7 Å². The van der Waals surface area contributed by atoms with Crippen molar-refractivity contribution in [1.82, 2.24) is 9.38 Å². The molecule has 0 aliphatic heterocycles.